The average molecular weight is 196 g/mol. The van der Waals surface area contributed by atoms with E-state index in [0.29, 0.717) is 0 Å². The molecule has 1 saturated heterocycles. The SMILES string of the molecule is CCn1ncnc1CN1CCOCC1. The van der Waals surface area contributed by atoms with Gasteiger partial charge in [-0.05, 0) is 6.92 Å². The van der Waals surface area contributed by atoms with Crippen LogP contribution >= 0.6 is 0 Å². The van der Waals surface area contributed by atoms with E-state index in [0.717, 1.165) is 45.2 Å². The van der Waals surface area contributed by atoms with Gasteiger partial charge in [0.2, 0.25) is 0 Å². The number of hydrogen-bond donors (Lipinski definition) is 0. The maximum absolute atomic E-state index is 5.29. The molecule has 1 aromatic heterocycles. The highest BCUT2D eigenvalue weighted by molar-refractivity contribution is 4.84. The van der Waals surface area contributed by atoms with Gasteiger partial charge in [-0.3, -0.25) is 4.90 Å². The first-order valence-corrected chi connectivity index (χ1v) is 5.07. The van der Waals surface area contributed by atoms with Gasteiger partial charge in [0.25, 0.3) is 0 Å². The van der Waals surface area contributed by atoms with E-state index < -0.39 is 0 Å². The minimum absolute atomic E-state index is 0.834. The molecule has 1 aromatic rings. The molecule has 5 heteroatoms. The molecule has 2 rings (SSSR count). The number of hydrogen-bond acceptors (Lipinski definition) is 4. The van der Waals surface area contributed by atoms with Gasteiger partial charge in [0.05, 0.1) is 19.8 Å². The summed E-state index contributed by atoms with van der Waals surface area (Å²) >= 11 is 0. The van der Waals surface area contributed by atoms with Crippen molar-refractivity contribution in [3.05, 3.63) is 12.2 Å². The summed E-state index contributed by atoms with van der Waals surface area (Å²) in [5.74, 6) is 1.05. The molecule has 2 heterocycles. The lowest BCUT2D eigenvalue weighted by atomic mass is 10.4. The van der Waals surface area contributed by atoms with E-state index >= 15 is 0 Å². The Morgan fingerprint density at radius 1 is 1.43 bits per heavy atom. The van der Waals surface area contributed by atoms with Crippen molar-refractivity contribution in [1.29, 1.82) is 0 Å². The molecule has 78 valence electrons. The Hall–Kier alpha value is -0.940. The molecule has 1 aliphatic rings. The molecule has 0 saturated carbocycles. The summed E-state index contributed by atoms with van der Waals surface area (Å²) in [6.45, 7) is 7.52. The summed E-state index contributed by atoms with van der Waals surface area (Å²) in [6.07, 6.45) is 1.62. The van der Waals surface area contributed by atoms with Crippen LogP contribution in [0.4, 0.5) is 0 Å². The second-order valence-corrected chi connectivity index (χ2v) is 3.38. The van der Waals surface area contributed by atoms with Gasteiger partial charge in [-0.2, -0.15) is 5.10 Å². The van der Waals surface area contributed by atoms with Gasteiger partial charge in [-0.1, -0.05) is 0 Å². The van der Waals surface area contributed by atoms with Gasteiger partial charge in [-0.15, -0.1) is 0 Å². The maximum Gasteiger partial charge on any atom is 0.140 e. The van der Waals surface area contributed by atoms with E-state index in [2.05, 4.69) is 21.9 Å². The van der Waals surface area contributed by atoms with Crippen LogP contribution in [0.25, 0.3) is 0 Å². The average Bonchev–Trinajstić information content (AvgIpc) is 2.67. The topological polar surface area (TPSA) is 43.2 Å². The van der Waals surface area contributed by atoms with Crippen molar-refractivity contribution in [3.8, 4) is 0 Å². The Morgan fingerprint density at radius 2 is 2.21 bits per heavy atom. The molecule has 0 N–H and O–H groups in total. The second kappa shape index (κ2) is 4.52. The number of ether oxygens (including phenoxy) is 1. The fourth-order valence-electron chi connectivity index (χ4n) is 1.63. The molecular weight excluding hydrogens is 180 g/mol. The highest BCUT2D eigenvalue weighted by Gasteiger charge is 2.13. The Kier molecular flexibility index (Phi) is 3.10. The first-order chi connectivity index (χ1) is 6.90. The van der Waals surface area contributed by atoms with Gasteiger partial charge in [0.15, 0.2) is 0 Å². The van der Waals surface area contributed by atoms with Crippen LogP contribution in [0.3, 0.4) is 0 Å². The Labute approximate surface area is 83.7 Å². The van der Waals surface area contributed by atoms with Gasteiger partial charge in [0.1, 0.15) is 12.2 Å². The molecular formula is C9H16N4O. The van der Waals surface area contributed by atoms with Crippen LogP contribution in [0.2, 0.25) is 0 Å². The van der Waals surface area contributed by atoms with Crippen molar-refractivity contribution in [1.82, 2.24) is 19.7 Å². The molecule has 0 amide bonds. The number of aryl methyl sites for hydroxylation is 1. The monoisotopic (exact) mass is 196 g/mol. The predicted molar refractivity (Wildman–Crippen MR) is 51.8 cm³/mol. The normalized spacial score (nSPS) is 18.6. The van der Waals surface area contributed by atoms with Crippen molar-refractivity contribution in [2.75, 3.05) is 26.3 Å². The van der Waals surface area contributed by atoms with Crippen molar-refractivity contribution in [2.24, 2.45) is 0 Å². The third kappa shape index (κ3) is 2.10. The molecule has 0 bridgehead atoms. The van der Waals surface area contributed by atoms with Crippen molar-refractivity contribution < 1.29 is 4.74 Å². The number of rotatable bonds is 3. The molecule has 0 radical (unpaired) electrons. The third-order valence-corrected chi connectivity index (χ3v) is 2.46. The van der Waals surface area contributed by atoms with E-state index in [4.69, 9.17) is 4.74 Å². The van der Waals surface area contributed by atoms with E-state index in [-0.39, 0.29) is 0 Å². The molecule has 0 spiro atoms. The molecule has 5 nitrogen and oxygen atoms in total. The van der Waals surface area contributed by atoms with Gasteiger partial charge < -0.3 is 4.74 Å². The first kappa shape index (κ1) is 9.61. The van der Waals surface area contributed by atoms with Gasteiger partial charge in [-0.25, -0.2) is 9.67 Å². The van der Waals surface area contributed by atoms with Crippen LogP contribution in [0.1, 0.15) is 12.7 Å². The van der Waals surface area contributed by atoms with Crippen LogP contribution in [0.5, 0.6) is 0 Å². The summed E-state index contributed by atoms with van der Waals surface area (Å²) in [7, 11) is 0. The Morgan fingerprint density at radius 3 is 2.93 bits per heavy atom. The summed E-state index contributed by atoms with van der Waals surface area (Å²) in [5.41, 5.74) is 0. The molecule has 0 aromatic carbocycles. The quantitative estimate of drug-likeness (QED) is 0.689. The largest absolute Gasteiger partial charge is 0.379 e. The molecule has 0 aliphatic carbocycles. The third-order valence-electron chi connectivity index (χ3n) is 2.46. The fraction of sp³-hybridized carbons (Fsp3) is 0.778. The zero-order chi connectivity index (χ0) is 9.80. The lowest BCUT2D eigenvalue weighted by Gasteiger charge is -2.25. The highest BCUT2D eigenvalue weighted by atomic mass is 16.5. The molecule has 1 aliphatic heterocycles. The second-order valence-electron chi connectivity index (χ2n) is 3.38. The van der Waals surface area contributed by atoms with Crippen molar-refractivity contribution >= 4 is 0 Å². The van der Waals surface area contributed by atoms with E-state index in [9.17, 15) is 0 Å². The van der Waals surface area contributed by atoms with Gasteiger partial charge >= 0.3 is 0 Å². The highest BCUT2D eigenvalue weighted by Crippen LogP contribution is 2.03. The van der Waals surface area contributed by atoms with Crippen LogP contribution in [0.15, 0.2) is 6.33 Å². The molecule has 0 unspecified atom stereocenters. The van der Waals surface area contributed by atoms with Crippen LogP contribution in [0, 0.1) is 0 Å². The lowest BCUT2D eigenvalue weighted by molar-refractivity contribution is 0.0324. The Bertz CT molecular complexity index is 280. The predicted octanol–water partition coefficient (Wildman–Crippen LogP) is 0.130. The van der Waals surface area contributed by atoms with Crippen LogP contribution < -0.4 is 0 Å². The number of aromatic nitrogens is 3. The smallest absolute Gasteiger partial charge is 0.140 e. The van der Waals surface area contributed by atoms with Crippen molar-refractivity contribution in [2.45, 2.75) is 20.0 Å². The van der Waals surface area contributed by atoms with Crippen LogP contribution in [-0.2, 0) is 17.8 Å². The van der Waals surface area contributed by atoms with Crippen LogP contribution in [-0.4, -0.2) is 46.0 Å². The minimum Gasteiger partial charge on any atom is -0.379 e. The minimum atomic E-state index is 0.834. The number of morpholine rings is 1. The standard InChI is InChI=1S/C9H16N4O/c1-2-13-9(10-8-11-13)7-12-3-5-14-6-4-12/h8H,2-7H2,1H3. The van der Waals surface area contributed by atoms with E-state index in [1.807, 2.05) is 4.68 Å². The maximum atomic E-state index is 5.29. The molecule has 1 fully saturated rings. The Balaban J connectivity index is 1.95. The summed E-state index contributed by atoms with van der Waals surface area (Å²) in [6, 6.07) is 0. The fourth-order valence-corrected chi connectivity index (χ4v) is 1.63. The lowest BCUT2D eigenvalue weighted by Crippen LogP contribution is -2.36. The van der Waals surface area contributed by atoms with E-state index in [1.54, 1.807) is 6.33 Å². The molecule has 0 atom stereocenters. The zero-order valence-corrected chi connectivity index (χ0v) is 8.52. The van der Waals surface area contributed by atoms with Crippen molar-refractivity contribution in [3.63, 3.8) is 0 Å². The summed E-state index contributed by atoms with van der Waals surface area (Å²) in [4.78, 5) is 6.60. The molecule has 14 heavy (non-hydrogen) atoms. The summed E-state index contributed by atoms with van der Waals surface area (Å²) < 4.78 is 7.23. The zero-order valence-electron chi connectivity index (χ0n) is 8.52. The van der Waals surface area contributed by atoms with Gasteiger partial charge in [0, 0.05) is 19.6 Å². The van der Waals surface area contributed by atoms with E-state index in [1.165, 1.54) is 0 Å². The first-order valence-electron chi connectivity index (χ1n) is 5.07. The summed E-state index contributed by atoms with van der Waals surface area (Å²) in [5, 5.41) is 4.15. The number of nitrogens with zero attached hydrogens (tertiary/aromatic N) is 4.